The number of nitrogens with zero attached hydrogens (tertiary/aromatic N) is 4. The van der Waals surface area contributed by atoms with Crippen molar-refractivity contribution in [3.63, 3.8) is 0 Å². The van der Waals surface area contributed by atoms with Crippen molar-refractivity contribution in [3.05, 3.63) is 23.4 Å². The van der Waals surface area contributed by atoms with E-state index in [0.29, 0.717) is 35.3 Å². The Bertz CT molecular complexity index is 1020. The van der Waals surface area contributed by atoms with Crippen molar-refractivity contribution in [2.24, 2.45) is 0 Å². The average molecular weight is 445 g/mol. The molecule has 0 spiro atoms. The van der Waals surface area contributed by atoms with Crippen molar-refractivity contribution in [1.29, 1.82) is 0 Å². The number of aliphatic hydroxyl groups excluding tert-OH is 1. The number of hydrogen-bond acceptors (Lipinski definition) is 9. The zero-order valence-electron chi connectivity index (χ0n) is 19.3. The predicted molar refractivity (Wildman–Crippen MR) is 123 cm³/mol. The van der Waals surface area contributed by atoms with Crippen LogP contribution in [0.5, 0.6) is 17.2 Å². The minimum absolute atomic E-state index is 0.0636. The molecule has 2 heterocycles. The highest BCUT2D eigenvalue weighted by Gasteiger charge is 2.28. The molecule has 32 heavy (non-hydrogen) atoms. The van der Waals surface area contributed by atoms with Crippen LogP contribution in [0.25, 0.3) is 11.4 Å². The van der Waals surface area contributed by atoms with Crippen molar-refractivity contribution in [2.45, 2.75) is 59.2 Å². The summed E-state index contributed by atoms with van der Waals surface area (Å²) in [6.45, 7) is 10.3. The van der Waals surface area contributed by atoms with Gasteiger partial charge in [0.25, 0.3) is 0 Å². The fourth-order valence-corrected chi connectivity index (χ4v) is 3.50. The van der Waals surface area contributed by atoms with Gasteiger partial charge in [0.2, 0.25) is 5.95 Å². The van der Waals surface area contributed by atoms with E-state index in [4.69, 9.17) is 9.72 Å². The van der Waals surface area contributed by atoms with E-state index in [1.807, 2.05) is 18.4 Å². The van der Waals surface area contributed by atoms with Crippen LogP contribution in [0.3, 0.4) is 0 Å². The van der Waals surface area contributed by atoms with E-state index in [9.17, 15) is 15.3 Å². The molecule has 5 N–H and O–H groups in total. The zero-order valence-corrected chi connectivity index (χ0v) is 19.3. The Morgan fingerprint density at radius 3 is 2.22 bits per heavy atom. The number of benzene rings is 1. The molecule has 0 bridgehead atoms. The summed E-state index contributed by atoms with van der Waals surface area (Å²) in [5, 5.41) is 45.6. The second-order valence-corrected chi connectivity index (χ2v) is 8.41. The van der Waals surface area contributed by atoms with Crippen LogP contribution in [0.2, 0.25) is 0 Å². The number of methoxy groups -OCH3 is 1. The molecule has 10 nitrogen and oxygen atoms in total. The Morgan fingerprint density at radius 2 is 1.69 bits per heavy atom. The van der Waals surface area contributed by atoms with Gasteiger partial charge in [-0.3, -0.25) is 0 Å². The number of phenols is 2. The molecule has 0 amide bonds. The van der Waals surface area contributed by atoms with Crippen LogP contribution in [0.1, 0.15) is 57.8 Å². The summed E-state index contributed by atoms with van der Waals surface area (Å²) in [7, 11) is 1.46. The fourth-order valence-electron chi connectivity index (χ4n) is 3.50. The molecule has 0 saturated carbocycles. The molecule has 1 atom stereocenters. The number of anilines is 2. The van der Waals surface area contributed by atoms with Crippen molar-refractivity contribution in [3.8, 4) is 28.6 Å². The summed E-state index contributed by atoms with van der Waals surface area (Å²) >= 11 is 0. The minimum Gasteiger partial charge on any atom is -0.507 e. The van der Waals surface area contributed by atoms with Crippen LogP contribution in [0.15, 0.2) is 12.1 Å². The molecule has 3 rings (SSSR count). The van der Waals surface area contributed by atoms with Gasteiger partial charge in [0.05, 0.1) is 30.2 Å². The number of fused-ring (bicyclic) bond motifs is 1. The standard InChI is InChI=1S/C22H32N6O4/c1-11(2)18-20-19(27-26-18)21(25-22(24-9-13(5)29)28(20)12(3)4)23-10-15-16(30)7-14(32-6)8-17(15)31/h7-8,11-13,23,29-31H,9-10H2,1-6H3,(H,24,25). The third-order valence-electron chi connectivity index (χ3n) is 5.10. The van der Waals surface area contributed by atoms with E-state index in [2.05, 4.69) is 34.7 Å². The molecule has 1 aromatic rings. The molecule has 174 valence electrons. The zero-order chi connectivity index (χ0) is 23.6. The number of nitrogens with one attached hydrogen (secondary N) is 2. The first-order valence-electron chi connectivity index (χ1n) is 10.7. The van der Waals surface area contributed by atoms with Crippen LogP contribution in [0.4, 0.5) is 11.8 Å². The monoisotopic (exact) mass is 444 g/mol. The van der Waals surface area contributed by atoms with Gasteiger partial charge >= 0.3 is 0 Å². The van der Waals surface area contributed by atoms with Gasteiger partial charge in [-0.15, -0.1) is 5.10 Å². The highest BCUT2D eigenvalue weighted by Crippen LogP contribution is 2.38. The smallest absolute Gasteiger partial charge is 0.205 e. The average Bonchev–Trinajstić information content (AvgIpc) is 3.16. The van der Waals surface area contributed by atoms with Gasteiger partial charge in [-0.25, -0.2) is 0 Å². The molecule has 0 fully saturated rings. The molecule has 2 aliphatic heterocycles. The molecule has 0 aliphatic carbocycles. The van der Waals surface area contributed by atoms with Crippen molar-refractivity contribution in [1.82, 2.24) is 19.7 Å². The van der Waals surface area contributed by atoms with Gasteiger partial charge in [0.15, 0.2) is 11.5 Å². The van der Waals surface area contributed by atoms with Crippen LogP contribution in [-0.4, -0.2) is 54.8 Å². The lowest BCUT2D eigenvalue weighted by atomic mass is 10.1. The summed E-state index contributed by atoms with van der Waals surface area (Å²) < 4.78 is 7.10. The molecular weight excluding hydrogens is 412 g/mol. The number of hydrogen-bond donors (Lipinski definition) is 5. The van der Waals surface area contributed by atoms with Gasteiger partial charge < -0.3 is 35.3 Å². The van der Waals surface area contributed by atoms with Crippen molar-refractivity contribution >= 4 is 11.8 Å². The third-order valence-corrected chi connectivity index (χ3v) is 5.10. The molecule has 2 aliphatic rings. The maximum Gasteiger partial charge on any atom is 0.205 e. The van der Waals surface area contributed by atoms with E-state index in [0.717, 1.165) is 11.4 Å². The van der Waals surface area contributed by atoms with Gasteiger partial charge in [-0.1, -0.05) is 13.8 Å². The normalized spacial score (nSPS) is 12.5. The number of aromatic hydroxyl groups is 2. The highest BCUT2D eigenvalue weighted by molar-refractivity contribution is 5.75. The van der Waals surface area contributed by atoms with E-state index in [1.165, 1.54) is 19.2 Å². The van der Waals surface area contributed by atoms with E-state index in [1.54, 1.807) is 6.92 Å². The summed E-state index contributed by atoms with van der Waals surface area (Å²) in [6.07, 6.45) is -0.557. The van der Waals surface area contributed by atoms with E-state index in [-0.39, 0.29) is 30.0 Å². The molecular formula is C22H32N6O4. The summed E-state index contributed by atoms with van der Waals surface area (Å²) in [6, 6.07) is 2.94. The number of aromatic nitrogens is 4. The highest BCUT2D eigenvalue weighted by atomic mass is 16.5. The minimum atomic E-state index is -0.557. The molecule has 0 radical (unpaired) electrons. The lowest BCUT2D eigenvalue weighted by Gasteiger charge is -2.25. The second kappa shape index (κ2) is 9.47. The predicted octanol–water partition coefficient (Wildman–Crippen LogP) is 3.31. The number of ether oxygens (including phenoxy) is 1. The first kappa shape index (κ1) is 23.4. The molecule has 1 aromatic carbocycles. The SMILES string of the molecule is COc1cc(O)c(CNc2nc(NCC(C)O)n(C(C)C)c3c(C(C)C)nnc2-3)c(O)c1. The number of phenolic OH excluding ortho intramolecular Hbond substituents is 2. The van der Waals surface area contributed by atoms with Gasteiger partial charge in [-0.05, 0) is 26.7 Å². The maximum atomic E-state index is 10.3. The second-order valence-electron chi connectivity index (χ2n) is 8.41. The Labute approximate surface area is 187 Å². The third kappa shape index (κ3) is 4.64. The lowest BCUT2D eigenvalue weighted by Crippen LogP contribution is -2.23. The summed E-state index contributed by atoms with van der Waals surface area (Å²) in [5.74, 6) is 1.33. The Hall–Kier alpha value is -3.27. The van der Waals surface area contributed by atoms with Crippen LogP contribution < -0.4 is 15.4 Å². The Morgan fingerprint density at radius 1 is 1.03 bits per heavy atom. The van der Waals surface area contributed by atoms with Gasteiger partial charge in [-0.2, -0.15) is 10.1 Å². The molecule has 10 heteroatoms. The summed E-state index contributed by atoms with van der Waals surface area (Å²) in [5.41, 5.74) is 2.60. The first-order valence-corrected chi connectivity index (χ1v) is 10.7. The quantitative estimate of drug-likeness (QED) is 0.336. The van der Waals surface area contributed by atoms with E-state index < -0.39 is 6.10 Å². The van der Waals surface area contributed by atoms with Crippen LogP contribution >= 0.6 is 0 Å². The van der Waals surface area contributed by atoms with Crippen LogP contribution in [-0.2, 0) is 6.54 Å². The van der Waals surface area contributed by atoms with Crippen LogP contribution in [0, 0.1) is 0 Å². The lowest BCUT2D eigenvalue weighted by molar-refractivity contribution is 0.208. The topological polar surface area (TPSA) is 138 Å². The first-order chi connectivity index (χ1) is 15.1. The Balaban J connectivity index is 2.07. The largest absolute Gasteiger partial charge is 0.507 e. The fraction of sp³-hybridized carbons (Fsp3) is 0.500. The van der Waals surface area contributed by atoms with E-state index >= 15 is 0 Å². The maximum absolute atomic E-state index is 10.3. The van der Waals surface area contributed by atoms with Gasteiger partial charge in [0, 0.05) is 31.3 Å². The number of aliphatic hydroxyl groups is 1. The molecule has 0 saturated heterocycles. The van der Waals surface area contributed by atoms with Gasteiger partial charge in [0.1, 0.15) is 17.2 Å². The van der Waals surface area contributed by atoms with Crippen molar-refractivity contribution in [2.75, 3.05) is 24.3 Å². The summed E-state index contributed by atoms with van der Waals surface area (Å²) in [4.78, 5) is 4.71. The van der Waals surface area contributed by atoms with Crippen molar-refractivity contribution < 1.29 is 20.1 Å². The molecule has 1 unspecified atom stereocenters. The molecule has 0 aromatic heterocycles. The Kier molecular flexibility index (Phi) is 6.93. The number of rotatable bonds is 9.